The van der Waals surface area contributed by atoms with Gasteiger partial charge in [0.15, 0.2) is 0 Å². The van der Waals surface area contributed by atoms with E-state index in [0.29, 0.717) is 17.1 Å². The van der Waals surface area contributed by atoms with E-state index >= 15 is 0 Å². The van der Waals surface area contributed by atoms with E-state index in [9.17, 15) is 0 Å². The minimum Gasteiger partial charge on any atom is -0.397 e. The SMILES string of the molecule is Nc1cccc(-c2ccnnn2)c1N. The Morgan fingerprint density at radius 1 is 1.07 bits per heavy atom. The van der Waals surface area contributed by atoms with Crippen LogP contribution in [0.1, 0.15) is 0 Å². The van der Waals surface area contributed by atoms with E-state index in [2.05, 4.69) is 15.4 Å². The van der Waals surface area contributed by atoms with Gasteiger partial charge in [0.2, 0.25) is 0 Å². The summed E-state index contributed by atoms with van der Waals surface area (Å²) < 4.78 is 0. The molecular weight excluding hydrogens is 178 g/mol. The highest BCUT2D eigenvalue weighted by atomic mass is 15.3. The van der Waals surface area contributed by atoms with Gasteiger partial charge in [-0.2, -0.15) is 0 Å². The van der Waals surface area contributed by atoms with E-state index in [1.807, 2.05) is 12.1 Å². The number of rotatable bonds is 1. The smallest absolute Gasteiger partial charge is 0.0984 e. The van der Waals surface area contributed by atoms with Gasteiger partial charge in [-0.15, -0.1) is 10.2 Å². The number of anilines is 2. The third kappa shape index (κ3) is 1.35. The minimum atomic E-state index is 0.521. The van der Waals surface area contributed by atoms with Gasteiger partial charge < -0.3 is 11.5 Å². The molecule has 1 aromatic carbocycles. The fourth-order valence-electron chi connectivity index (χ4n) is 1.19. The highest BCUT2D eigenvalue weighted by Crippen LogP contribution is 2.27. The Morgan fingerprint density at radius 3 is 2.64 bits per heavy atom. The molecule has 0 aliphatic heterocycles. The molecule has 0 bridgehead atoms. The molecule has 1 heterocycles. The molecule has 5 heteroatoms. The quantitative estimate of drug-likeness (QED) is 0.641. The van der Waals surface area contributed by atoms with Crippen molar-refractivity contribution in [2.24, 2.45) is 0 Å². The van der Waals surface area contributed by atoms with Gasteiger partial charge >= 0.3 is 0 Å². The van der Waals surface area contributed by atoms with Gasteiger partial charge in [0, 0.05) is 5.56 Å². The monoisotopic (exact) mass is 187 g/mol. The van der Waals surface area contributed by atoms with Gasteiger partial charge in [0.1, 0.15) is 0 Å². The second-order valence-electron chi connectivity index (χ2n) is 2.81. The summed E-state index contributed by atoms with van der Waals surface area (Å²) in [4.78, 5) is 0. The molecule has 0 fully saturated rings. The maximum atomic E-state index is 5.80. The first kappa shape index (κ1) is 8.43. The molecule has 2 aromatic rings. The van der Waals surface area contributed by atoms with Crippen LogP contribution < -0.4 is 11.5 Å². The largest absolute Gasteiger partial charge is 0.397 e. The Kier molecular flexibility index (Phi) is 1.98. The molecule has 0 saturated carbocycles. The first-order valence-electron chi connectivity index (χ1n) is 4.08. The van der Waals surface area contributed by atoms with Crippen LogP contribution in [0.3, 0.4) is 0 Å². The summed E-state index contributed by atoms with van der Waals surface area (Å²) in [6.45, 7) is 0. The van der Waals surface area contributed by atoms with Crippen LogP contribution >= 0.6 is 0 Å². The summed E-state index contributed by atoms with van der Waals surface area (Å²) in [5, 5.41) is 11.0. The molecule has 1 aromatic heterocycles. The number of para-hydroxylation sites is 1. The molecule has 5 nitrogen and oxygen atoms in total. The maximum Gasteiger partial charge on any atom is 0.0984 e. The fourth-order valence-corrected chi connectivity index (χ4v) is 1.19. The molecule has 0 unspecified atom stereocenters. The summed E-state index contributed by atoms with van der Waals surface area (Å²) >= 11 is 0. The van der Waals surface area contributed by atoms with Crippen LogP contribution in [0.5, 0.6) is 0 Å². The van der Waals surface area contributed by atoms with Crippen LogP contribution in [-0.4, -0.2) is 15.4 Å². The van der Waals surface area contributed by atoms with Crippen molar-refractivity contribution < 1.29 is 0 Å². The van der Waals surface area contributed by atoms with E-state index in [0.717, 1.165) is 5.56 Å². The first-order valence-corrected chi connectivity index (χ1v) is 4.08. The zero-order chi connectivity index (χ0) is 9.97. The number of nitrogens with two attached hydrogens (primary N) is 2. The molecule has 2 rings (SSSR count). The Morgan fingerprint density at radius 2 is 1.93 bits per heavy atom. The molecular formula is C9H9N5. The Balaban J connectivity index is 2.58. The first-order chi connectivity index (χ1) is 6.79. The Bertz CT molecular complexity index is 440. The van der Waals surface area contributed by atoms with Crippen LogP contribution in [0.25, 0.3) is 11.3 Å². The van der Waals surface area contributed by atoms with Gasteiger partial charge in [0.05, 0.1) is 23.3 Å². The van der Waals surface area contributed by atoms with Gasteiger partial charge in [0.25, 0.3) is 0 Å². The lowest BCUT2D eigenvalue weighted by Gasteiger charge is -2.05. The van der Waals surface area contributed by atoms with E-state index < -0.39 is 0 Å². The number of benzene rings is 1. The standard InChI is InChI=1S/C9H9N5/c10-7-3-1-2-6(9(7)11)8-4-5-12-14-13-8/h1-5H,10-11H2. The van der Waals surface area contributed by atoms with Crippen LogP contribution in [0, 0.1) is 0 Å². The molecule has 0 amide bonds. The van der Waals surface area contributed by atoms with Crippen molar-refractivity contribution in [1.29, 1.82) is 0 Å². The highest BCUT2D eigenvalue weighted by molar-refractivity contribution is 5.82. The molecule has 14 heavy (non-hydrogen) atoms. The van der Waals surface area contributed by atoms with E-state index in [4.69, 9.17) is 11.5 Å². The van der Waals surface area contributed by atoms with Gasteiger partial charge in [-0.3, -0.25) is 0 Å². The molecule has 0 atom stereocenters. The van der Waals surface area contributed by atoms with Gasteiger partial charge in [-0.1, -0.05) is 12.1 Å². The topological polar surface area (TPSA) is 90.7 Å². The second kappa shape index (κ2) is 3.29. The van der Waals surface area contributed by atoms with Crippen molar-refractivity contribution >= 4 is 11.4 Å². The van der Waals surface area contributed by atoms with Gasteiger partial charge in [-0.25, -0.2) is 0 Å². The molecule has 0 radical (unpaired) electrons. The number of nitrogens with zero attached hydrogens (tertiary/aromatic N) is 3. The lowest BCUT2D eigenvalue weighted by molar-refractivity contribution is 0.871. The Labute approximate surface area is 80.8 Å². The van der Waals surface area contributed by atoms with Crippen LogP contribution in [0.15, 0.2) is 30.5 Å². The van der Waals surface area contributed by atoms with E-state index in [-0.39, 0.29) is 0 Å². The minimum absolute atomic E-state index is 0.521. The van der Waals surface area contributed by atoms with Crippen molar-refractivity contribution in [3.05, 3.63) is 30.5 Å². The van der Waals surface area contributed by atoms with Crippen molar-refractivity contribution in [3.8, 4) is 11.3 Å². The maximum absolute atomic E-state index is 5.80. The predicted molar refractivity (Wildman–Crippen MR) is 54.1 cm³/mol. The number of aromatic nitrogens is 3. The van der Waals surface area contributed by atoms with Crippen molar-refractivity contribution in [1.82, 2.24) is 15.4 Å². The summed E-state index contributed by atoms with van der Waals surface area (Å²) in [6, 6.07) is 7.14. The molecule has 4 N–H and O–H groups in total. The zero-order valence-electron chi connectivity index (χ0n) is 7.38. The second-order valence-corrected chi connectivity index (χ2v) is 2.81. The summed E-state index contributed by atoms with van der Waals surface area (Å²) in [5.74, 6) is 0. The third-order valence-corrected chi connectivity index (χ3v) is 1.92. The third-order valence-electron chi connectivity index (χ3n) is 1.92. The van der Waals surface area contributed by atoms with Crippen LogP contribution in [0.4, 0.5) is 11.4 Å². The predicted octanol–water partition coefficient (Wildman–Crippen LogP) is 0.703. The lowest BCUT2D eigenvalue weighted by atomic mass is 10.1. The highest BCUT2D eigenvalue weighted by Gasteiger charge is 2.05. The Hall–Kier alpha value is -2.17. The van der Waals surface area contributed by atoms with Gasteiger partial charge in [-0.05, 0) is 17.3 Å². The lowest BCUT2D eigenvalue weighted by Crippen LogP contribution is -1.98. The summed E-state index contributed by atoms with van der Waals surface area (Å²) in [7, 11) is 0. The van der Waals surface area contributed by atoms with Crippen LogP contribution in [-0.2, 0) is 0 Å². The fraction of sp³-hybridized carbons (Fsp3) is 0. The van der Waals surface area contributed by atoms with Crippen molar-refractivity contribution in [2.45, 2.75) is 0 Å². The average Bonchev–Trinajstić information content (AvgIpc) is 2.23. The average molecular weight is 187 g/mol. The number of hydrogen-bond donors (Lipinski definition) is 2. The summed E-state index contributed by atoms with van der Waals surface area (Å²) in [6.07, 6.45) is 1.56. The van der Waals surface area contributed by atoms with E-state index in [1.165, 1.54) is 0 Å². The van der Waals surface area contributed by atoms with E-state index in [1.54, 1.807) is 18.3 Å². The molecule has 70 valence electrons. The summed E-state index contributed by atoms with van der Waals surface area (Å²) in [5.41, 5.74) is 14.0. The molecule has 0 spiro atoms. The molecule has 0 aliphatic rings. The van der Waals surface area contributed by atoms with Crippen molar-refractivity contribution in [2.75, 3.05) is 11.5 Å². The number of nitrogen functional groups attached to an aromatic ring is 2. The normalized spacial score (nSPS) is 10.0. The molecule has 0 aliphatic carbocycles. The number of hydrogen-bond acceptors (Lipinski definition) is 5. The van der Waals surface area contributed by atoms with Crippen molar-refractivity contribution in [3.63, 3.8) is 0 Å². The molecule has 0 saturated heterocycles. The van der Waals surface area contributed by atoms with Crippen LogP contribution in [0.2, 0.25) is 0 Å². The zero-order valence-corrected chi connectivity index (χ0v) is 7.38.